The number of hydrogen-bond acceptors (Lipinski definition) is 2. The van der Waals surface area contributed by atoms with E-state index in [1.807, 2.05) is 0 Å². The minimum Gasteiger partial charge on any atom is -0.314 e. The van der Waals surface area contributed by atoms with Gasteiger partial charge in [-0.05, 0) is 32.2 Å². The number of nitrogens with one attached hydrogen (secondary N) is 1. The van der Waals surface area contributed by atoms with Crippen LogP contribution in [0.4, 0.5) is 0 Å². The average Bonchev–Trinajstić information content (AvgIpc) is 2.28. The molecule has 0 amide bonds. The molecular weight excluding hydrogens is 218 g/mol. The summed E-state index contributed by atoms with van der Waals surface area (Å²) in [5.41, 5.74) is 0. The van der Waals surface area contributed by atoms with E-state index in [0.29, 0.717) is 6.04 Å². The summed E-state index contributed by atoms with van der Waals surface area (Å²) in [6.45, 7) is 3.34. The fourth-order valence-corrected chi connectivity index (χ4v) is 3.14. The zero-order valence-electron chi connectivity index (χ0n) is 10.8. The Labute approximate surface area is 103 Å². The molecule has 1 aliphatic rings. The second-order valence-corrected chi connectivity index (χ2v) is 6.77. The van der Waals surface area contributed by atoms with Crippen LogP contribution in [0.3, 0.4) is 0 Å². The molecule has 0 spiro atoms. The van der Waals surface area contributed by atoms with Gasteiger partial charge in [0, 0.05) is 28.9 Å². The molecule has 2 atom stereocenters. The molecular formula is C13H27NOS. The van der Waals surface area contributed by atoms with Gasteiger partial charge in [-0.15, -0.1) is 0 Å². The number of rotatable bonds is 7. The third-order valence-electron chi connectivity index (χ3n) is 3.61. The Hall–Kier alpha value is 0.110. The van der Waals surface area contributed by atoms with E-state index in [1.54, 1.807) is 6.26 Å². The molecule has 1 fully saturated rings. The van der Waals surface area contributed by atoms with Crippen molar-refractivity contribution < 1.29 is 4.21 Å². The molecule has 0 aromatic carbocycles. The van der Waals surface area contributed by atoms with Crippen LogP contribution in [0, 0.1) is 5.92 Å². The monoisotopic (exact) mass is 245 g/mol. The van der Waals surface area contributed by atoms with Gasteiger partial charge in [-0.1, -0.05) is 32.1 Å². The zero-order valence-corrected chi connectivity index (χ0v) is 11.7. The van der Waals surface area contributed by atoms with Crippen molar-refractivity contribution in [3.63, 3.8) is 0 Å². The van der Waals surface area contributed by atoms with Crippen LogP contribution in [0.1, 0.15) is 51.9 Å². The van der Waals surface area contributed by atoms with E-state index in [0.717, 1.165) is 24.6 Å². The molecule has 2 unspecified atom stereocenters. The van der Waals surface area contributed by atoms with Crippen molar-refractivity contribution in [2.45, 2.75) is 57.9 Å². The topological polar surface area (TPSA) is 29.1 Å². The molecule has 2 nitrogen and oxygen atoms in total. The molecule has 1 saturated carbocycles. The van der Waals surface area contributed by atoms with Gasteiger partial charge in [0.05, 0.1) is 0 Å². The predicted octanol–water partition coefficient (Wildman–Crippen LogP) is 2.70. The van der Waals surface area contributed by atoms with E-state index < -0.39 is 10.8 Å². The number of hydrogen-bond donors (Lipinski definition) is 1. The highest BCUT2D eigenvalue weighted by Gasteiger charge is 2.13. The van der Waals surface area contributed by atoms with E-state index in [-0.39, 0.29) is 0 Å². The largest absolute Gasteiger partial charge is 0.314 e. The van der Waals surface area contributed by atoms with Gasteiger partial charge < -0.3 is 5.32 Å². The molecule has 3 heteroatoms. The first kappa shape index (κ1) is 14.2. The molecule has 1 rings (SSSR count). The van der Waals surface area contributed by atoms with Gasteiger partial charge >= 0.3 is 0 Å². The fourth-order valence-electron chi connectivity index (χ4n) is 2.45. The lowest BCUT2D eigenvalue weighted by Gasteiger charge is -2.22. The van der Waals surface area contributed by atoms with E-state index >= 15 is 0 Å². The van der Waals surface area contributed by atoms with E-state index in [1.165, 1.54) is 38.5 Å². The summed E-state index contributed by atoms with van der Waals surface area (Å²) in [6, 6.07) is 0.521. The van der Waals surface area contributed by atoms with Crippen molar-refractivity contribution in [1.29, 1.82) is 0 Å². The summed E-state index contributed by atoms with van der Waals surface area (Å²) in [5.74, 6) is 1.80. The third kappa shape index (κ3) is 6.64. The smallest absolute Gasteiger partial charge is 0.0246 e. The Morgan fingerprint density at radius 3 is 2.62 bits per heavy atom. The Balaban J connectivity index is 1.98. The minimum absolute atomic E-state index is 0.521. The standard InChI is InChI=1S/C13H27NOS/c1-12(9-11-16(2)15)14-10-8-13-6-4-3-5-7-13/h12-14H,3-11H2,1-2H3. The van der Waals surface area contributed by atoms with E-state index in [9.17, 15) is 4.21 Å². The van der Waals surface area contributed by atoms with Crippen molar-refractivity contribution in [2.24, 2.45) is 5.92 Å². The molecule has 0 saturated heterocycles. The Morgan fingerprint density at radius 1 is 1.31 bits per heavy atom. The lowest BCUT2D eigenvalue weighted by atomic mass is 9.87. The van der Waals surface area contributed by atoms with E-state index in [2.05, 4.69) is 12.2 Å². The van der Waals surface area contributed by atoms with Crippen LogP contribution >= 0.6 is 0 Å². The Morgan fingerprint density at radius 2 is 2.00 bits per heavy atom. The fraction of sp³-hybridized carbons (Fsp3) is 1.00. The highest BCUT2D eigenvalue weighted by molar-refractivity contribution is 7.84. The summed E-state index contributed by atoms with van der Waals surface area (Å²) in [6.07, 6.45) is 11.4. The van der Waals surface area contributed by atoms with E-state index in [4.69, 9.17) is 0 Å². The first-order valence-electron chi connectivity index (χ1n) is 6.72. The van der Waals surface area contributed by atoms with Crippen LogP contribution < -0.4 is 5.32 Å². The lowest BCUT2D eigenvalue weighted by Crippen LogP contribution is -2.29. The summed E-state index contributed by atoms with van der Waals surface area (Å²) < 4.78 is 11.0. The first-order chi connectivity index (χ1) is 7.68. The zero-order chi connectivity index (χ0) is 11.8. The van der Waals surface area contributed by atoms with Gasteiger partial charge in [0.15, 0.2) is 0 Å². The van der Waals surface area contributed by atoms with Crippen LogP contribution in [0.5, 0.6) is 0 Å². The molecule has 96 valence electrons. The maximum atomic E-state index is 11.0. The molecule has 0 bridgehead atoms. The summed E-state index contributed by atoms with van der Waals surface area (Å²) in [7, 11) is -0.636. The van der Waals surface area contributed by atoms with Crippen molar-refractivity contribution in [3.05, 3.63) is 0 Å². The van der Waals surface area contributed by atoms with Gasteiger partial charge in [0.2, 0.25) is 0 Å². The Kier molecular flexibility index (Phi) is 7.30. The summed E-state index contributed by atoms with van der Waals surface area (Å²) in [5, 5.41) is 3.55. The SMILES string of the molecule is CC(CCS(C)=O)NCCC1CCCCC1. The molecule has 1 aliphatic carbocycles. The van der Waals surface area contributed by atoms with Crippen molar-refractivity contribution in [2.75, 3.05) is 18.6 Å². The molecule has 16 heavy (non-hydrogen) atoms. The summed E-state index contributed by atoms with van der Waals surface area (Å²) in [4.78, 5) is 0. The van der Waals surface area contributed by atoms with Gasteiger partial charge in [-0.2, -0.15) is 0 Å². The lowest BCUT2D eigenvalue weighted by molar-refractivity contribution is 0.328. The normalized spacial score (nSPS) is 21.9. The van der Waals surface area contributed by atoms with Gasteiger partial charge in [0.25, 0.3) is 0 Å². The molecule has 0 radical (unpaired) electrons. The Bertz CT molecular complexity index is 202. The van der Waals surface area contributed by atoms with Crippen molar-refractivity contribution >= 4 is 10.8 Å². The van der Waals surface area contributed by atoms with Crippen molar-refractivity contribution in [1.82, 2.24) is 5.32 Å². The second kappa shape index (κ2) is 8.24. The van der Waals surface area contributed by atoms with Crippen LogP contribution in [0.2, 0.25) is 0 Å². The molecule has 0 heterocycles. The molecule has 0 aliphatic heterocycles. The van der Waals surface area contributed by atoms with Gasteiger partial charge in [-0.3, -0.25) is 4.21 Å². The maximum Gasteiger partial charge on any atom is 0.0246 e. The van der Waals surface area contributed by atoms with Gasteiger partial charge in [0.1, 0.15) is 0 Å². The van der Waals surface area contributed by atoms with Crippen LogP contribution in [-0.2, 0) is 10.8 Å². The van der Waals surface area contributed by atoms with Crippen LogP contribution in [0.25, 0.3) is 0 Å². The molecule has 0 aromatic rings. The average molecular weight is 245 g/mol. The highest BCUT2D eigenvalue weighted by Crippen LogP contribution is 2.25. The first-order valence-corrected chi connectivity index (χ1v) is 8.44. The minimum atomic E-state index is -0.636. The van der Waals surface area contributed by atoms with Gasteiger partial charge in [-0.25, -0.2) is 0 Å². The molecule has 0 aromatic heterocycles. The summed E-state index contributed by atoms with van der Waals surface area (Å²) >= 11 is 0. The highest BCUT2D eigenvalue weighted by atomic mass is 32.2. The predicted molar refractivity (Wildman–Crippen MR) is 72.2 cm³/mol. The quantitative estimate of drug-likeness (QED) is 0.747. The van der Waals surface area contributed by atoms with Crippen LogP contribution in [-0.4, -0.2) is 28.8 Å². The molecule has 1 N–H and O–H groups in total. The van der Waals surface area contributed by atoms with Crippen LogP contribution in [0.15, 0.2) is 0 Å². The van der Waals surface area contributed by atoms with Crippen molar-refractivity contribution in [3.8, 4) is 0 Å². The second-order valence-electron chi connectivity index (χ2n) is 5.21. The maximum absolute atomic E-state index is 11.0. The third-order valence-corrected chi connectivity index (χ3v) is 4.42.